The molecule has 0 aromatic heterocycles. The van der Waals surface area contributed by atoms with Crippen LogP contribution in [0.4, 0.5) is 11.4 Å². The molecule has 0 unspecified atom stereocenters. The van der Waals surface area contributed by atoms with Gasteiger partial charge in [-0.1, -0.05) is 56.3 Å². The minimum Gasteiger partial charge on any atom is -0.507 e. The van der Waals surface area contributed by atoms with Crippen molar-refractivity contribution in [2.24, 2.45) is 0 Å². The third kappa shape index (κ3) is 7.52. The first-order valence-corrected chi connectivity index (χ1v) is 17.7. The van der Waals surface area contributed by atoms with Gasteiger partial charge in [-0.05, 0) is 68.0 Å². The van der Waals surface area contributed by atoms with E-state index in [9.17, 15) is 5.11 Å². The molecule has 0 radical (unpaired) electrons. The molecule has 3 aliphatic rings. The third-order valence-corrected chi connectivity index (χ3v) is 10.4. The van der Waals surface area contributed by atoms with Crippen LogP contribution in [0.25, 0.3) is 0 Å². The Hall–Kier alpha value is -3.41. The molecule has 0 saturated heterocycles. The molecule has 2 aliphatic heterocycles. The Kier molecular flexibility index (Phi) is 9.84. The van der Waals surface area contributed by atoms with Gasteiger partial charge < -0.3 is 19.0 Å². The molecule has 5 rings (SSSR count). The molecule has 0 amide bonds. The van der Waals surface area contributed by atoms with Crippen molar-refractivity contribution in [2.75, 3.05) is 73.4 Å². The topological polar surface area (TPSA) is 26.5 Å². The molecule has 0 saturated carbocycles. The SMILES string of the molecule is CC1(C)C(=CC=C2CCCC(C=CC3=[N+](CCC[N+](C)(C)C)c4ccccc4C3(C)C)=C2O)N(CCC[N+](C)(C)C)c2ccccc21. The average Bonchev–Trinajstić information content (AvgIpc) is 3.33. The summed E-state index contributed by atoms with van der Waals surface area (Å²) >= 11 is 0. The molecular weight excluding hydrogens is 576 g/mol. The Morgan fingerprint density at radius 3 is 2.11 bits per heavy atom. The number of fused-ring (bicyclic) bond motifs is 2. The monoisotopic (exact) mass is 637 g/mol. The second-order valence-corrected chi connectivity index (χ2v) is 17.0. The number of para-hydroxylation sites is 2. The van der Waals surface area contributed by atoms with Gasteiger partial charge in [0.25, 0.3) is 0 Å². The normalized spacial score (nSPS) is 21.0. The van der Waals surface area contributed by atoms with E-state index in [1.54, 1.807) is 0 Å². The minimum atomic E-state index is -0.101. The number of hydrogen-bond donors (Lipinski definition) is 1. The van der Waals surface area contributed by atoms with Crippen molar-refractivity contribution in [1.29, 1.82) is 0 Å². The minimum absolute atomic E-state index is 0.101. The summed E-state index contributed by atoms with van der Waals surface area (Å²) in [4.78, 5) is 2.52. The van der Waals surface area contributed by atoms with Crippen LogP contribution < -0.4 is 4.90 Å². The second kappa shape index (κ2) is 13.2. The van der Waals surface area contributed by atoms with Gasteiger partial charge in [-0.15, -0.1) is 0 Å². The summed E-state index contributed by atoms with van der Waals surface area (Å²) in [5, 5.41) is 11.7. The Morgan fingerprint density at radius 2 is 1.40 bits per heavy atom. The van der Waals surface area contributed by atoms with Crippen molar-refractivity contribution in [1.82, 2.24) is 0 Å². The van der Waals surface area contributed by atoms with Crippen molar-refractivity contribution >= 4 is 17.1 Å². The maximum atomic E-state index is 11.7. The molecule has 5 nitrogen and oxygen atoms in total. The van der Waals surface area contributed by atoms with E-state index < -0.39 is 0 Å². The van der Waals surface area contributed by atoms with Gasteiger partial charge in [0.15, 0.2) is 12.3 Å². The van der Waals surface area contributed by atoms with E-state index in [2.05, 4.69) is 152 Å². The number of aliphatic hydroxyl groups excluding tert-OH is 1. The van der Waals surface area contributed by atoms with Gasteiger partial charge in [-0.3, -0.25) is 0 Å². The summed E-state index contributed by atoms with van der Waals surface area (Å²) in [6, 6.07) is 17.7. The van der Waals surface area contributed by atoms with Gasteiger partial charge in [-0.25, -0.2) is 0 Å². The highest BCUT2D eigenvalue weighted by Crippen LogP contribution is 2.48. The Morgan fingerprint density at radius 1 is 0.766 bits per heavy atom. The fourth-order valence-electron chi connectivity index (χ4n) is 7.77. The first kappa shape index (κ1) is 34.9. The van der Waals surface area contributed by atoms with E-state index in [1.807, 2.05) is 0 Å². The van der Waals surface area contributed by atoms with Crippen LogP contribution in [0, 0.1) is 0 Å². The van der Waals surface area contributed by atoms with Crippen LogP contribution in [0.1, 0.15) is 70.9 Å². The average molecular weight is 638 g/mol. The van der Waals surface area contributed by atoms with E-state index in [0.717, 1.165) is 78.4 Å². The smallest absolute Gasteiger partial charge is 0.209 e. The largest absolute Gasteiger partial charge is 0.507 e. The molecule has 252 valence electrons. The fourth-order valence-corrected chi connectivity index (χ4v) is 7.77. The molecule has 0 spiro atoms. The lowest BCUT2D eigenvalue weighted by atomic mass is 9.81. The zero-order valence-electron chi connectivity index (χ0n) is 31.0. The highest BCUT2D eigenvalue weighted by molar-refractivity contribution is 6.03. The zero-order chi connectivity index (χ0) is 34.2. The van der Waals surface area contributed by atoms with E-state index in [-0.39, 0.29) is 10.8 Å². The van der Waals surface area contributed by atoms with Crippen LogP contribution in [-0.2, 0) is 10.8 Å². The van der Waals surface area contributed by atoms with Gasteiger partial charge in [0.2, 0.25) is 5.69 Å². The maximum Gasteiger partial charge on any atom is 0.209 e. The lowest BCUT2D eigenvalue weighted by Crippen LogP contribution is -2.37. The molecule has 0 atom stereocenters. The maximum absolute atomic E-state index is 11.7. The summed E-state index contributed by atoms with van der Waals surface area (Å²) < 4.78 is 4.46. The predicted octanol–water partition coefficient (Wildman–Crippen LogP) is 8.42. The van der Waals surface area contributed by atoms with Gasteiger partial charge in [0.05, 0.1) is 67.2 Å². The molecule has 2 aromatic rings. The number of nitrogens with zero attached hydrogens (tertiary/aromatic N) is 4. The number of benzene rings is 2. The summed E-state index contributed by atoms with van der Waals surface area (Å²) in [5.74, 6) is 0.458. The highest BCUT2D eigenvalue weighted by atomic mass is 16.3. The molecule has 2 heterocycles. The van der Waals surface area contributed by atoms with Crippen LogP contribution in [0.2, 0.25) is 0 Å². The summed E-state index contributed by atoms with van der Waals surface area (Å²) in [6.07, 6.45) is 14.1. The molecular formula is C42H61N4O+3. The summed E-state index contributed by atoms with van der Waals surface area (Å²) in [5.41, 5.74) is 9.90. The molecule has 1 aliphatic carbocycles. The number of allylic oxidation sites excluding steroid dienone is 7. The lowest BCUT2D eigenvalue weighted by molar-refractivity contribution is -0.871. The van der Waals surface area contributed by atoms with Crippen molar-refractivity contribution in [3.05, 3.63) is 107 Å². The van der Waals surface area contributed by atoms with Crippen molar-refractivity contribution < 1.29 is 18.6 Å². The van der Waals surface area contributed by atoms with E-state index in [1.165, 1.54) is 33.9 Å². The highest BCUT2D eigenvalue weighted by Gasteiger charge is 2.44. The molecule has 47 heavy (non-hydrogen) atoms. The quantitative estimate of drug-likeness (QED) is 0.198. The van der Waals surface area contributed by atoms with Crippen LogP contribution in [0.5, 0.6) is 0 Å². The molecule has 1 N–H and O–H groups in total. The van der Waals surface area contributed by atoms with Crippen LogP contribution in [0.15, 0.2) is 95.4 Å². The summed E-state index contributed by atoms with van der Waals surface area (Å²) in [6.45, 7) is 13.6. The standard InChI is InChI=1S/C42H60N4O/c1-41(2)34-20-11-13-22-36(34)43(28-16-30-45(5,6)7)38(41)26-24-32-18-15-19-33(40(32)47)25-27-39-42(3,4)35-21-12-14-23-37(35)44(39)29-17-31-46(8,9)10/h11-14,20-27H,15-19,28-31H2,1-10H3/q+2/p+1. The Balaban J connectivity index is 1.46. The molecule has 5 heteroatoms. The first-order valence-electron chi connectivity index (χ1n) is 17.7. The van der Waals surface area contributed by atoms with Crippen LogP contribution in [0.3, 0.4) is 0 Å². The molecule has 0 bridgehead atoms. The van der Waals surface area contributed by atoms with Crippen LogP contribution >= 0.6 is 0 Å². The van der Waals surface area contributed by atoms with Gasteiger partial charge in [0, 0.05) is 47.5 Å². The van der Waals surface area contributed by atoms with Gasteiger partial charge in [-0.2, -0.15) is 4.58 Å². The Bertz CT molecular complexity index is 1630. The number of rotatable bonds is 11. The number of quaternary nitrogens is 2. The first-order chi connectivity index (χ1) is 22.0. The van der Waals surface area contributed by atoms with Gasteiger partial charge in [0.1, 0.15) is 5.76 Å². The van der Waals surface area contributed by atoms with Crippen molar-refractivity contribution in [3.8, 4) is 0 Å². The summed E-state index contributed by atoms with van der Waals surface area (Å²) in [7, 11) is 13.6. The van der Waals surface area contributed by atoms with Crippen molar-refractivity contribution in [3.63, 3.8) is 0 Å². The predicted molar refractivity (Wildman–Crippen MR) is 200 cm³/mol. The number of aliphatic hydroxyl groups is 1. The van der Waals surface area contributed by atoms with Gasteiger partial charge >= 0.3 is 0 Å². The zero-order valence-corrected chi connectivity index (χ0v) is 31.0. The van der Waals surface area contributed by atoms with E-state index >= 15 is 0 Å². The van der Waals surface area contributed by atoms with Crippen molar-refractivity contribution in [2.45, 2.75) is 70.6 Å². The number of hydrogen-bond acceptors (Lipinski definition) is 2. The molecule has 2 aromatic carbocycles. The molecule has 0 fully saturated rings. The fraction of sp³-hybridized carbons (Fsp3) is 0.500. The Labute approximate surface area is 285 Å². The second-order valence-electron chi connectivity index (χ2n) is 17.0. The van der Waals surface area contributed by atoms with Crippen LogP contribution in [-0.4, -0.2) is 92.8 Å². The van der Waals surface area contributed by atoms with E-state index in [4.69, 9.17) is 0 Å². The lowest BCUT2D eigenvalue weighted by Gasteiger charge is -2.29. The third-order valence-electron chi connectivity index (χ3n) is 10.4. The number of anilines is 1. The van der Waals surface area contributed by atoms with E-state index in [0.29, 0.717) is 5.76 Å².